The van der Waals surface area contributed by atoms with E-state index in [4.69, 9.17) is 11.6 Å². The number of aryl methyl sites for hydroxylation is 1. The monoisotopic (exact) mass is 268 g/mol. The number of aliphatic hydroxyl groups is 1. The zero-order chi connectivity index (χ0) is 12.8. The molecular formula is C14H21ClN2O. The normalized spacial score (nSPS) is 21.1. The molecule has 1 aliphatic heterocycles. The van der Waals surface area contributed by atoms with Crippen molar-refractivity contribution in [3.63, 3.8) is 0 Å². The summed E-state index contributed by atoms with van der Waals surface area (Å²) >= 11 is 5.86. The van der Waals surface area contributed by atoms with E-state index in [0.29, 0.717) is 0 Å². The predicted molar refractivity (Wildman–Crippen MR) is 75.1 cm³/mol. The van der Waals surface area contributed by atoms with E-state index in [1.165, 1.54) is 5.56 Å². The Labute approximate surface area is 114 Å². The van der Waals surface area contributed by atoms with Crippen molar-refractivity contribution < 1.29 is 5.11 Å². The van der Waals surface area contributed by atoms with Crippen molar-refractivity contribution in [2.75, 3.05) is 32.8 Å². The molecule has 18 heavy (non-hydrogen) atoms. The molecule has 0 aromatic heterocycles. The molecule has 0 saturated carbocycles. The molecule has 3 nitrogen and oxygen atoms in total. The highest BCUT2D eigenvalue weighted by Gasteiger charge is 2.20. The van der Waals surface area contributed by atoms with Crippen LogP contribution in [0.25, 0.3) is 0 Å². The summed E-state index contributed by atoms with van der Waals surface area (Å²) in [4.78, 5) is 2.38. The van der Waals surface area contributed by atoms with Crippen LogP contribution in [0.4, 0.5) is 0 Å². The largest absolute Gasteiger partial charge is 0.395 e. The lowest BCUT2D eigenvalue weighted by atomic mass is 10.1. The Morgan fingerprint density at radius 1 is 1.33 bits per heavy atom. The summed E-state index contributed by atoms with van der Waals surface area (Å²) in [6, 6.07) is 8.34. The van der Waals surface area contributed by atoms with Crippen LogP contribution >= 0.6 is 11.6 Å². The number of benzene rings is 1. The van der Waals surface area contributed by atoms with Crippen LogP contribution in [0.2, 0.25) is 5.02 Å². The lowest BCUT2D eigenvalue weighted by Crippen LogP contribution is -2.53. The fraction of sp³-hybridized carbons (Fsp3) is 0.571. The molecule has 2 rings (SSSR count). The van der Waals surface area contributed by atoms with Gasteiger partial charge in [-0.2, -0.15) is 0 Å². The zero-order valence-corrected chi connectivity index (χ0v) is 11.4. The van der Waals surface area contributed by atoms with Crippen molar-refractivity contribution in [3.05, 3.63) is 34.9 Å². The van der Waals surface area contributed by atoms with Gasteiger partial charge in [-0.3, -0.25) is 4.90 Å². The maximum atomic E-state index is 9.31. The summed E-state index contributed by atoms with van der Waals surface area (Å²) in [7, 11) is 0. The van der Waals surface area contributed by atoms with Gasteiger partial charge in [-0.1, -0.05) is 23.7 Å². The molecule has 0 aliphatic carbocycles. The molecule has 0 spiro atoms. The second-order valence-corrected chi connectivity index (χ2v) is 5.24. The highest BCUT2D eigenvalue weighted by Crippen LogP contribution is 2.12. The quantitative estimate of drug-likeness (QED) is 0.850. The van der Waals surface area contributed by atoms with Crippen molar-refractivity contribution in [2.24, 2.45) is 0 Å². The van der Waals surface area contributed by atoms with Crippen molar-refractivity contribution >= 4 is 11.6 Å². The van der Waals surface area contributed by atoms with Gasteiger partial charge in [0.1, 0.15) is 0 Å². The minimum atomic E-state index is 0.244. The molecule has 0 amide bonds. The molecule has 0 bridgehead atoms. The van der Waals surface area contributed by atoms with Gasteiger partial charge in [-0.15, -0.1) is 0 Å². The van der Waals surface area contributed by atoms with E-state index in [2.05, 4.69) is 22.3 Å². The van der Waals surface area contributed by atoms with Gasteiger partial charge in [0.25, 0.3) is 0 Å². The number of piperazine rings is 1. The average molecular weight is 269 g/mol. The van der Waals surface area contributed by atoms with E-state index in [1.807, 2.05) is 12.1 Å². The molecule has 1 saturated heterocycles. The molecule has 1 heterocycles. The van der Waals surface area contributed by atoms with Crippen LogP contribution in [0, 0.1) is 0 Å². The van der Waals surface area contributed by atoms with E-state index in [9.17, 15) is 5.11 Å². The van der Waals surface area contributed by atoms with Crippen LogP contribution in [0.15, 0.2) is 24.3 Å². The maximum Gasteiger partial charge on any atom is 0.0599 e. The number of nitrogens with one attached hydrogen (secondary N) is 1. The Balaban J connectivity index is 1.75. The Kier molecular flexibility index (Phi) is 5.45. The topological polar surface area (TPSA) is 35.5 Å². The average Bonchev–Trinajstić information content (AvgIpc) is 2.41. The van der Waals surface area contributed by atoms with Gasteiger partial charge >= 0.3 is 0 Å². The van der Waals surface area contributed by atoms with E-state index < -0.39 is 0 Å². The Morgan fingerprint density at radius 2 is 2.11 bits per heavy atom. The standard InChI is InChI=1S/C14H21ClN2O/c15-13-5-3-12(4-6-13)2-1-8-17-9-7-16-10-14(17)11-18/h3-6,14,16,18H,1-2,7-11H2. The van der Waals surface area contributed by atoms with Crippen molar-refractivity contribution in [3.8, 4) is 0 Å². The van der Waals surface area contributed by atoms with Gasteiger partial charge in [0.15, 0.2) is 0 Å². The van der Waals surface area contributed by atoms with Crippen LogP contribution in [0.1, 0.15) is 12.0 Å². The maximum absolute atomic E-state index is 9.31. The second-order valence-electron chi connectivity index (χ2n) is 4.81. The van der Waals surface area contributed by atoms with E-state index >= 15 is 0 Å². The molecule has 1 aromatic rings. The van der Waals surface area contributed by atoms with Gasteiger partial charge in [0.2, 0.25) is 0 Å². The molecule has 2 N–H and O–H groups in total. The lowest BCUT2D eigenvalue weighted by molar-refractivity contribution is 0.0997. The summed E-state index contributed by atoms with van der Waals surface area (Å²) in [6.45, 7) is 4.25. The number of hydrogen-bond donors (Lipinski definition) is 2. The van der Waals surface area contributed by atoms with Crippen LogP contribution in [-0.4, -0.2) is 48.8 Å². The van der Waals surface area contributed by atoms with Crippen LogP contribution in [0.3, 0.4) is 0 Å². The summed E-state index contributed by atoms with van der Waals surface area (Å²) in [5.74, 6) is 0. The number of hydrogen-bond acceptors (Lipinski definition) is 3. The van der Waals surface area contributed by atoms with E-state index in [-0.39, 0.29) is 12.6 Å². The van der Waals surface area contributed by atoms with Gasteiger partial charge in [0.05, 0.1) is 6.61 Å². The van der Waals surface area contributed by atoms with Crippen LogP contribution in [0.5, 0.6) is 0 Å². The summed E-state index contributed by atoms with van der Waals surface area (Å²) < 4.78 is 0. The molecule has 100 valence electrons. The molecule has 1 unspecified atom stereocenters. The molecule has 4 heteroatoms. The fourth-order valence-electron chi connectivity index (χ4n) is 2.41. The van der Waals surface area contributed by atoms with Gasteiger partial charge in [0, 0.05) is 30.7 Å². The van der Waals surface area contributed by atoms with Crippen molar-refractivity contribution in [1.82, 2.24) is 10.2 Å². The van der Waals surface area contributed by atoms with Crippen molar-refractivity contribution in [2.45, 2.75) is 18.9 Å². The number of halogens is 1. The first-order valence-corrected chi connectivity index (χ1v) is 6.97. The van der Waals surface area contributed by atoms with Gasteiger partial charge < -0.3 is 10.4 Å². The highest BCUT2D eigenvalue weighted by molar-refractivity contribution is 6.30. The molecule has 1 atom stereocenters. The molecular weight excluding hydrogens is 248 g/mol. The highest BCUT2D eigenvalue weighted by atomic mass is 35.5. The number of rotatable bonds is 5. The summed E-state index contributed by atoms with van der Waals surface area (Å²) in [5, 5.41) is 13.4. The van der Waals surface area contributed by atoms with Gasteiger partial charge in [-0.25, -0.2) is 0 Å². The molecule has 1 aliphatic rings. The third-order valence-corrected chi connectivity index (χ3v) is 3.76. The first-order chi connectivity index (χ1) is 8.79. The number of nitrogens with zero attached hydrogens (tertiary/aromatic N) is 1. The first-order valence-electron chi connectivity index (χ1n) is 6.59. The predicted octanol–water partition coefficient (Wildman–Crippen LogP) is 1.54. The third-order valence-electron chi connectivity index (χ3n) is 3.51. The summed E-state index contributed by atoms with van der Waals surface area (Å²) in [5.41, 5.74) is 1.33. The van der Waals surface area contributed by atoms with Crippen LogP contribution < -0.4 is 5.32 Å². The molecule has 1 fully saturated rings. The minimum absolute atomic E-state index is 0.244. The van der Waals surface area contributed by atoms with Crippen LogP contribution in [-0.2, 0) is 6.42 Å². The fourth-order valence-corrected chi connectivity index (χ4v) is 2.54. The van der Waals surface area contributed by atoms with Gasteiger partial charge in [-0.05, 0) is 37.1 Å². The SMILES string of the molecule is OCC1CNCCN1CCCc1ccc(Cl)cc1. The van der Waals surface area contributed by atoms with Crippen molar-refractivity contribution in [1.29, 1.82) is 0 Å². The third kappa shape index (κ3) is 3.95. The Morgan fingerprint density at radius 3 is 2.83 bits per heavy atom. The minimum Gasteiger partial charge on any atom is -0.395 e. The zero-order valence-electron chi connectivity index (χ0n) is 10.6. The molecule has 0 radical (unpaired) electrons. The first kappa shape index (κ1) is 13.8. The Hall–Kier alpha value is -0.610. The smallest absolute Gasteiger partial charge is 0.0599 e. The Bertz CT molecular complexity index is 355. The van der Waals surface area contributed by atoms with E-state index in [0.717, 1.165) is 44.0 Å². The lowest BCUT2D eigenvalue weighted by Gasteiger charge is -2.35. The second kappa shape index (κ2) is 7.10. The molecule has 1 aromatic carbocycles. The summed E-state index contributed by atoms with van der Waals surface area (Å²) in [6.07, 6.45) is 2.19. The number of aliphatic hydroxyl groups excluding tert-OH is 1. The van der Waals surface area contributed by atoms with E-state index in [1.54, 1.807) is 0 Å².